The number of fused-ring (bicyclic) bond motifs is 1. The normalized spacial score (nSPS) is 12.2. The molecular weight excluding hydrogens is 282 g/mol. The average Bonchev–Trinajstić information content (AvgIpc) is 2.55. The molecule has 0 saturated heterocycles. The van der Waals surface area contributed by atoms with Crippen molar-refractivity contribution < 1.29 is 4.74 Å². The van der Waals surface area contributed by atoms with Crippen LogP contribution in [0.5, 0.6) is 5.75 Å². The van der Waals surface area contributed by atoms with Crippen LogP contribution >= 0.6 is 11.6 Å². The lowest BCUT2D eigenvalue weighted by Crippen LogP contribution is -2.08. The van der Waals surface area contributed by atoms with Gasteiger partial charge in [-0.3, -0.25) is 4.98 Å². The molecule has 3 rings (SSSR count). The molecule has 1 aromatic heterocycles. The van der Waals surface area contributed by atoms with E-state index in [0.717, 1.165) is 28.5 Å². The van der Waals surface area contributed by atoms with Crippen molar-refractivity contribution in [1.82, 2.24) is 4.98 Å². The number of benzene rings is 2. The zero-order chi connectivity index (χ0) is 14.5. The molecule has 1 heterocycles. The number of halogens is 1. The quantitative estimate of drug-likeness (QED) is 0.619. The third-order valence-corrected chi connectivity index (χ3v) is 3.66. The van der Waals surface area contributed by atoms with Gasteiger partial charge in [0.05, 0.1) is 6.20 Å². The molecule has 0 N–H and O–H groups in total. The maximum absolute atomic E-state index is 6.21. The monoisotopic (exact) mass is 297 g/mol. The topological polar surface area (TPSA) is 22.1 Å². The summed E-state index contributed by atoms with van der Waals surface area (Å²) < 4.78 is 6.21. The van der Waals surface area contributed by atoms with Crippen LogP contribution in [0.2, 0.25) is 0 Å². The first kappa shape index (κ1) is 13.9. The van der Waals surface area contributed by atoms with Crippen molar-refractivity contribution >= 4 is 22.4 Å². The van der Waals surface area contributed by atoms with Gasteiger partial charge in [0.15, 0.2) is 0 Å². The van der Waals surface area contributed by atoms with E-state index in [4.69, 9.17) is 16.3 Å². The molecule has 0 saturated carbocycles. The molecule has 1 atom stereocenters. The highest BCUT2D eigenvalue weighted by Crippen LogP contribution is 2.30. The van der Waals surface area contributed by atoms with Crippen LogP contribution in [-0.4, -0.2) is 10.9 Å². The van der Waals surface area contributed by atoms with E-state index in [1.807, 2.05) is 42.6 Å². The number of rotatable bonds is 5. The van der Waals surface area contributed by atoms with E-state index in [2.05, 4.69) is 23.2 Å². The molecule has 0 spiro atoms. The number of pyridine rings is 1. The fraction of sp³-hybridized carbons (Fsp3) is 0.167. The third kappa shape index (κ3) is 3.17. The van der Waals surface area contributed by atoms with Crippen molar-refractivity contribution in [3.63, 3.8) is 0 Å². The Hall–Kier alpha value is -2.06. The number of hydrogen-bond acceptors (Lipinski definition) is 2. The summed E-state index contributed by atoms with van der Waals surface area (Å²) in [6.07, 6.45) is 4.32. The van der Waals surface area contributed by atoms with Crippen LogP contribution in [0.15, 0.2) is 67.0 Å². The second-order valence-electron chi connectivity index (χ2n) is 4.85. The summed E-state index contributed by atoms with van der Waals surface area (Å²) >= 11 is 5.93. The molecule has 2 nitrogen and oxygen atoms in total. The van der Waals surface area contributed by atoms with E-state index in [-0.39, 0.29) is 6.10 Å². The van der Waals surface area contributed by atoms with E-state index >= 15 is 0 Å². The molecule has 2 aromatic carbocycles. The SMILES string of the molecule is ClCC[C@@H](Oc1cncc2ccccc12)c1ccccc1. The number of hydrogen-bond donors (Lipinski definition) is 0. The van der Waals surface area contributed by atoms with E-state index < -0.39 is 0 Å². The zero-order valence-corrected chi connectivity index (χ0v) is 12.3. The van der Waals surface area contributed by atoms with Gasteiger partial charge in [0.1, 0.15) is 11.9 Å². The highest BCUT2D eigenvalue weighted by molar-refractivity contribution is 6.17. The minimum atomic E-state index is -0.0590. The Kier molecular flexibility index (Phi) is 4.37. The van der Waals surface area contributed by atoms with Crippen LogP contribution in [0.1, 0.15) is 18.1 Å². The van der Waals surface area contributed by atoms with E-state index in [0.29, 0.717) is 5.88 Å². The first-order valence-electron chi connectivity index (χ1n) is 6.99. The summed E-state index contributed by atoms with van der Waals surface area (Å²) in [7, 11) is 0. The predicted molar refractivity (Wildman–Crippen MR) is 86.9 cm³/mol. The number of nitrogens with zero attached hydrogens (tertiary/aromatic N) is 1. The van der Waals surface area contributed by atoms with Crippen molar-refractivity contribution in [2.45, 2.75) is 12.5 Å². The van der Waals surface area contributed by atoms with Crippen LogP contribution in [-0.2, 0) is 0 Å². The summed E-state index contributed by atoms with van der Waals surface area (Å²) in [6, 6.07) is 18.3. The van der Waals surface area contributed by atoms with Crippen molar-refractivity contribution in [1.29, 1.82) is 0 Å². The zero-order valence-electron chi connectivity index (χ0n) is 11.6. The van der Waals surface area contributed by atoms with E-state index in [1.165, 1.54) is 0 Å². The summed E-state index contributed by atoms with van der Waals surface area (Å²) in [5.74, 6) is 1.35. The molecular formula is C18H16ClNO. The lowest BCUT2D eigenvalue weighted by Gasteiger charge is -2.19. The van der Waals surface area contributed by atoms with Gasteiger partial charge >= 0.3 is 0 Å². The molecule has 0 aliphatic carbocycles. The summed E-state index contributed by atoms with van der Waals surface area (Å²) in [6.45, 7) is 0. The fourth-order valence-corrected chi connectivity index (χ4v) is 2.59. The molecule has 3 heteroatoms. The van der Waals surface area contributed by atoms with Crippen LogP contribution in [0.25, 0.3) is 10.8 Å². The Morgan fingerprint density at radius 2 is 1.71 bits per heavy atom. The lowest BCUT2D eigenvalue weighted by atomic mass is 10.1. The molecule has 0 aliphatic heterocycles. The second kappa shape index (κ2) is 6.59. The highest BCUT2D eigenvalue weighted by atomic mass is 35.5. The van der Waals surface area contributed by atoms with Crippen LogP contribution in [0.3, 0.4) is 0 Å². The molecule has 0 unspecified atom stereocenters. The minimum Gasteiger partial charge on any atom is -0.483 e. The third-order valence-electron chi connectivity index (χ3n) is 3.44. The van der Waals surface area contributed by atoms with Crippen molar-refractivity contribution in [3.8, 4) is 5.75 Å². The van der Waals surface area contributed by atoms with Gasteiger partial charge < -0.3 is 4.74 Å². The second-order valence-corrected chi connectivity index (χ2v) is 5.23. The van der Waals surface area contributed by atoms with Crippen molar-refractivity contribution in [3.05, 3.63) is 72.6 Å². The Morgan fingerprint density at radius 3 is 2.52 bits per heavy atom. The predicted octanol–water partition coefficient (Wildman–Crippen LogP) is 4.98. The average molecular weight is 298 g/mol. The van der Waals surface area contributed by atoms with Crippen molar-refractivity contribution in [2.24, 2.45) is 0 Å². The largest absolute Gasteiger partial charge is 0.483 e. The molecule has 106 valence electrons. The molecule has 0 fully saturated rings. The van der Waals surface area contributed by atoms with Crippen LogP contribution in [0.4, 0.5) is 0 Å². The van der Waals surface area contributed by atoms with Gasteiger partial charge in [0.2, 0.25) is 0 Å². The summed E-state index contributed by atoms with van der Waals surface area (Å²) in [5.41, 5.74) is 1.13. The van der Waals surface area contributed by atoms with Crippen LogP contribution in [0, 0.1) is 0 Å². The summed E-state index contributed by atoms with van der Waals surface area (Å²) in [5, 5.41) is 2.15. The standard InChI is InChI=1S/C18H16ClNO/c19-11-10-17(14-6-2-1-3-7-14)21-18-13-20-12-15-8-4-5-9-16(15)18/h1-9,12-13,17H,10-11H2/t17-/m1/s1. The van der Waals surface area contributed by atoms with Crippen LogP contribution < -0.4 is 4.74 Å². The Bertz CT molecular complexity index is 709. The molecule has 21 heavy (non-hydrogen) atoms. The minimum absolute atomic E-state index is 0.0590. The van der Waals surface area contributed by atoms with Gasteiger partial charge in [0, 0.05) is 29.3 Å². The van der Waals surface area contributed by atoms with Gasteiger partial charge in [-0.25, -0.2) is 0 Å². The molecule has 0 radical (unpaired) electrons. The molecule has 0 amide bonds. The summed E-state index contributed by atoms with van der Waals surface area (Å²) in [4.78, 5) is 4.26. The lowest BCUT2D eigenvalue weighted by molar-refractivity contribution is 0.204. The van der Waals surface area contributed by atoms with Crippen molar-refractivity contribution in [2.75, 3.05) is 5.88 Å². The smallest absolute Gasteiger partial charge is 0.146 e. The van der Waals surface area contributed by atoms with E-state index in [1.54, 1.807) is 6.20 Å². The molecule has 0 bridgehead atoms. The fourth-order valence-electron chi connectivity index (χ4n) is 2.40. The molecule has 3 aromatic rings. The first-order valence-corrected chi connectivity index (χ1v) is 7.52. The molecule has 0 aliphatic rings. The highest BCUT2D eigenvalue weighted by Gasteiger charge is 2.14. The first-order chi connectivity index (χ1) is 10.4. The van der Waals surface area contributed by atoms with Gasteiger partial charge in [0.25, 0.3) is 0 Å². The Morgan fingerprint density at radius 1 is 0.952 bits per heavy atom. The maximum atomic E-state index is 6.21. The number of aromatic nitrogens is 1. The van der Waals surface area contributed by atoms with Gasteiger partial charge in [-0.2, -0.15) is 0 Å². The maximum Gasteiger partial charge on any atom is 0.146 e. The van der Waals surface area contributed by atoms with Gasteiger partial charge in [-0.15, -0.1) is 11.6 Å². The number of alkyl halides is 1. The Balaban J connectivity index is 1.95. The van der Waals surface area contributed by atoms with Gasteiger partial charge in [-0.05, 0) is 5.56 Å². The Labute approximate surface area is 129 Å². The number of ether oxygens (including phenoxy) is 1. The van der Waals surface area contributed by atoms with E-state index in [9.17, 15) is 0 Å². The van der Waals surface area contributed by atoms with Gasteiger partial charge in [-0.1, -0.05) is 54.6 Å².